The zero-order chi connectivity index (χ0) is 38.1. The quantitative estimate of drug-likeness (QED) is 0.122. The van der Waals surface area contributed by atoms with Crippen LogP contribution in [0.2, 0.25) is 0 Å². The van der Waals surface area contributed by atoms with E-state index in [9.17, 15) is 27.4 Å². The largest absolute Gasteiger partial charge is 0.469 e. The van der Waals surface area contributed by atoms with E-state index in [4.69, 9.17) is 14.7 Å². The van der Waals surface area contributed by atoms with E-state index in [1.165, 1.54) is 7.11 Å². The molecule has 8 bridgehead atoms. The lowest BCUT2D eigenvalue weighted by Gasteiger charge is -2.18. The number of ether oxygens (including phenoxy) is 1. The van der Waals surface area contributed by atoms with Crippen LogP contribution in [0.15, 0.2) is 24.8 Å². The predicted octanol–water partition coefficient (Wildman–Crippen LogP) is 5.66. The number of amides is 2. The van der Waals surface area contributed by atoms with Crippen molar-refractivity contribution in [3.8, 4) is 0 Å². The summed E-state index contributed by atoms with van der Waals surface area (Å²) < 4.78 is 37.5. The Balaban J connectivity index is 1.98. The minimum Gasteiger partial charge on any atom is -0.469 e. The molecule has 0 saturated carbocycles. The summed E-state index contributed by atoms with van der Waals surface area (Å²) >= 11 is 0. The first-order valence-corrected chi connectivity index (χ1v) is 18.8. The topological polar surface area (TPSA) is 196 Å². The first kappa shape index (κ1) is 38.2. The molecular weight excluding hydrogens is 685 g/mol. The zero-order valence-electron chi connectivity index (χ0n) is 30.6. The van der Waals surface area contributed by atoms with Crippen LogP contribution in [0.5, 0.6) is 0 Å². The Bertz CT molecular complexity index is 2280. The number of H-pyrrole nitrogens is 2. The van der Waals surface area contributed by atoms with Crippen LogP contribution in [0.3, 0.4) is 0 Å². The van der Waals surface area contributed by atoms with Crippen molar-refractivity contribution in [2.75, 3.05) is 26.5 Å². The van der Waals surface area contributed by atoms with Crippen LogP contribution in [0.4, 0.5) is 0 Å². The summed E-state index contributed by atoms with van der Waals surface area (Å²) in [4.78, 5) is 56.8. The molecule has 0 radical (unpaired) electrons. The van der Waals surface area contributed by atoms with Gasteiger partial charge in [0, 0.05) is 65.2 Å². The molecule has 5 N–H and O–H groups in total. The summed E-state index contributed by atoms with van der Waals surface area (Å²) in [5.74, 6) is -2.55. The van der Waals surface area contributed by atoms with Gasteiger partial charge in [0.2, 0.25) is 5.91 Å². The molecule has 2 amide bonds. The van der Waals surface area contributed by atoms with Crippen LogP contribution in [-0.4, -0.2) is 77.1 Å². The SMILES string of the molecule is C=Cc1c(C)c2cc3nc(c(CC(=O)OC)c4[nH]c(cc5nc(cc1[nH]2)C(C)=C5CC)c(C)c4C(=O)NCCS(=O)(=O)O)[C@@H](CCC(=O)NC)C3C. The van der Waals surface area contributed by atoms with Gasteiger partial charge in [0.25, 0.3) is 16.0 Å². The van der Waals surface area contributed by atoms with Crippen molar-refractivity contribution in [3.63, 3.8) is 0 Å². The molecule has 276 valence electrons. The van der Waals surface area contributed by atoms with E-state index in [1.807, 2.05) is 52.0 Å². The number of nitrogens with zero attached hydrogens (tertiary/aromatic N) is 2. The van der Waals surface area contributed by atoms with Crippen molar-refractivity contribution >= 4 is 67.2 Å². The highest BCUT2D eigenvalue weighted by molar-refractivity contribution is 7.85. The number of aryl methyl sites for hydroxylation is 2. The maximum atomic E-state index is 14.0. The number of carbonyl (C=O) groups is 3. The molecule has 2 aliphatic heterocycles. The van der Waals surface area contributed by atoms with Gasteiger partial charge in [-0.15, -0.1) is 0 Å². The van der Waals surface area contributed by atoms with Crippen LogP contribution in [0, 0.1) is 13.8 Å². The Hall–Kier alpha value is -5.08. The Kier molecular flexibility index (Phi) is 11.2. The molecular formula is C38H46N6O7S. The third-order valence-corrected chi connectivity index (χ3v) is 10.8. The lowest BCUT2D eigenvalue weighted by atomic mass is 9.85. The molecule has 5 rings (SSSR count). The van der Waals surface area contributed by atoms with Gasteiger partial charge < -0.3 is 25.3 Å². The van der Waals surface area contributed by atoms with Gasteiger partial charge in [-0.2, -0.15) is 8.42 Å². The van der Waals surface area contributed by atoms with Gasteiger partial charge in [0.15, 0.2) is 0 Å². The molecule has 0 aromatic carbocycles. The predicted molar refractivity (Wildman–Crippen MR) is 202 cm³/mol. The lowest BCUT2D eigenvalue weighted by molar-refractivity contribution is -0.139. The zero-order valence-corrected chi connectivity index (χ0v) is 31.4. The fourth-order valence-corrected chi connectivity index (χ4v) is 7.48. The van der Waals surface area contributed by atoms with Crippen LogP contribution < -0.4 is 10.6 Å². The normalized spacial score (nSPS) is 15.8. The number of aromatic amines is 2. The van der Waals surface area contributed by atoms with E-state index in [2.05, 4.69) is 27.2 Å². The van der Waals surface area contributed by atoms with Gasteiger partial charge in [0.1, 0.15) is 0 Å². The molecule has 3 aromatic heterocycles. The molecule has 1 unspecified atom stereocenters. The fourth-order valence-electron chi connectivity index (χ4n) is 7.12. The average Bonchev–Trinajstić information content (AvgIpc) is 3.78. The van der Waals surface area contributed by atoms with Crippen LogP contribution in [0.1, 0.15) is 107 Å². The van der Waals surface area contributed by atoms with Crippen LogP contribution in [-0.2, 0) is 30.9 Å². The number of hydrogen-bond acceptors (Lipinski definition) is 8. The van der Waals surface area contributed by atoms with Crippen molar-refractivity contribution in [3.05, 3.63) is 75.4 Å². The number of aromatic nitrogens is 4. The number of allylic oxidation sites excluding steroid dienone is 2. The van der Waals surface area contributed by atoms with Crippen molar-refractivity contribution < 1.29 is 32.1 Å². The van der Waals surface area contributed by atoms with E-state index < -0.39 is 27.7 Å². The van der Waals surface area contributed by atoms with E-state index in [0.717, 1.165) is 39.0 Å². The number of carbonyl (C=O) groups excluding carboxylic acids is 3. The third-order valence-electron chi connectivity index (χ3n) is 10.1. The monoisotopic (exact) mass is 730 g/mol. The lowest BCUT2D eigenvalue weighted by Crippen LogP contribution is -2.29. The smallest absolute Gasteiger partial charge is 0.310 e. The minimum absolute atomic E-state index is 0.150. The first-order chi connectivity index (χ1) is 24.6. The maximum absolute atomic E-state index is 14.0. The van der Waals surface area contributed by atoms with Gasteiger partial charge in [-0.05, 0) is 74.1 Å². The minimum atomic E-state index is -4.35. The summed E-state index contributed by atoms with van der Waals surface area (Å²) in [6.07, 6.45) is 2.84. The second kappa shape index (κ2) is 15.3. The number of methoxy groups -OCH3 is 1. The molecule has 13 nitrogen and oxygen atoms in total. The number of hydrogen-bond donors (Lipinski definition) is 5. The van der Waals surface area contributed by atoms with Crippen molar-refractivity contribution in [2.24, 2.45) is 0 Å². The van der Waals surface area contributed by atoms with Gasteiger partial charge in [-0.1, -0.05) is 26.5 Å². The summed E-state index contributed by atoms with van der Waals surface area (Å²) in [5.41, 5.74) is 10.3. The molecule has 0 aliphatic carbocycles. The molecule has 0 saturated heterocycles. The van der Waals surface area contributed by atoms with Crippen molar-refractivity contribution in [1.82, 2.24) is 30.6 Å². The van der Waals surface area contributed by atoms with E-state index in [-0.39, 0.29) is 42.7 Å². The number of esters is 1. The van der Waals surface area contributed by atoms with Crippen LogP contribution in [0.25, 0.3) is 39.3 Å². The first-order valence-electron chi connectivity index (χ1n) is 17.2. The van der Waals surface area contributed by atoms with Gasteiger partial charge in [-0.25, -0.2) is 4.98 Å². The summed E-state index contributed by atoms with van der Waals surface area (Å²) in [6, 6.07) is 5.85. The van der Waals surface area contributed by atoms with Crippen LogP contribution >= 0.6 is 0 Å². The highest BCUT2D eigenvalue weighted by Gasteiger charge is 2.34. The van der Waals surface area contributed by atoms with Gasteiger partial charge >= 0.3 is 5.97 Å². The van der Waals surface area contributed by atoms with E-state index >= 15 is 0 Å². The highest BCUT2D eigenvalue weighted by atomic mass is 32.2. The fraction of sp³-hybridized carbons (Fsp3) is 0.395. The van der Waals surface area contributed by atoms with Crippen molar-refractivity contribution in [1.29, 1.82) is 0 Å². The second-order valence-corrected chi connectivity index (χ2v) is 14.8. The number of nitrogens with one attached hydrogen (secondary N) is 4. The number of fused-ring (bicyclic) bond motifs is 8. The molecule has 14 heteroatoms. The Labute approximate surface area is 303 Å². The molecule has 2 atom stereocenters. The van der Waals surface area contributed by atoms with Crippen molar-refractivity contribution in [2.45, 2.75) is 72.1 Å². The summed E-state index contributed by atoms with van der Waals surface area (Å²) in [5, 5.41) is 5.29. The average molecular weight is 731 g/mol. The highest BCUT2D eigenvalue weighted by Crippen LogP contribution is 2.43. The summed E-state index contributed by atoms with van der Waals surface area (Å²) in [6.45, 7) is 13.6. The standard InChI is InChI=1S/C38H46N6O7S/c1-9-23-19(3)27-16-29-21(5)25(11-12-33(45)39-7)36(43-29)26(15-34(46)51-8)37-35(38(47)40-13-14-52(48,49)50)22(6)30(44-37)18-32-24(10-2)20(4)28(42-32)17-31(23)41-27/h9,16-18,21,25,41,44H,1,10-15H2,2-8H3,(H,39,45)(H,40,47)(H,48,49,50)/t21?,25-/m0/s1. The summed E-state index contributed by atoms with van der Waals surface area (Å²) in [7, 11) is -1.50. The Morgan fingerprint density at radius 3 is 2.37 bits per heavy atom. The van der Waals surface area contributed by atoms with Gasteiger partial charge in [-0.3, -0.25) is 23.9 Å². The van der Waals surface area contributed by atoms with E-state index in [1.54, 1.807) is 14.0 Å². The molecule has 0 fully saturated rings. The van der Waals surface area contributed by atoms with Gasteiger partial charge in [0.05, 0.1) is 47.4 Å². The third kappa shape index (κ3) is 7.58. The molecule has 0 spiro atoms. The maximum Gasteiger partial charge on any atom is 0.310 e. The number of rotatable bonds is 11. The molecule has 3 aromatic rings. The Morgan fingerprint density at radius 1 is 1.04 bits per heavy atom. The molecule has 2 aliphatic rings. The molecule has 5 heterocycles. The second-order valence-electron chi connectivity index (χ2n) is 13.2. The molecule has 52 heavy (non-hydrogen) atoms. The van der Waals surface area contributed by atoms with E-state index in [0.29, 0.717) is 52.1 Å². The Morgan fingerprint density at radius 2 is 1.73 bits per heavy atom.